The van der Waals surface area contributed by atoms with Gasteiger partial charge in [-0.15, -0.1) is 11.3 Å². The van der Waals surface area contributed by atoms with E-state index in [1.807, 2.05) is 5.38 Å². The Labute approximate surface area is 115 Å². The Kier molecular flexibility index (Phi) is 4.26. The first-order chi connectivity index (χ1) is 9.04. The number of aryl methyl sites for hydroxylation is 1. The molecule has 2 aromatic heterocycles. The largest absolute Gasteiger partial charge is 0.307 e. The van der Waals surface area contributed by atoms with E-state index in [1.54, 1.807) is 16.0 Å². The highest BCUT2D eigenvalue weighted by Gasteiger charge is 2.10. The Bertz CT molecular complexity index is 562. The van der Waals surface area contributed by atoms with Crippen LogP contribution in [0.1, 0.15) is 31.0 Å². The monoisotopic (exact) mass is 280 g/mol. The third kappa shape index (κ3) is 3.85. The van der Waals surface area contributed by atoms with E-state index in [2.05, 4.69) is 23.9 Å². The van der Waals surface area contributed by atoms with Crippen LogP contribution >= 0.6 is 11.3 Å². The van der Waals surface area contributed by atoms with Crippen molar-refractivity contribution in [2.45, 2.75) is 33.2 Å². The van der Waals surface area contributed by atoms with Crippen molar-refractivity contribution >= 4 is 17.0 Å². The zero-order valence-corrected chi connectivity index (χ0v) is 11.8. The number of aromatic nitrogens is 3. The van der Waals surface area contributed by atoms with Crippen molar-refractivity contribution in [3.8, 4) is 0 Å². The lowest BCUT2D eigenvalue weighted by Gasteiger charge is -2.00. The molecule has 0 spiro atoms. The van der Waals surface area contributed by atoms with Gasteiger partial charge in [-0.1, -0.05) is 13.8 Å². The second-order valence-corrected chi connectivity index (χ2v) is 5.76. The molecule has 0 unspecified atom stereocenters. The minimum atomic E-state index is -0.446. The molecule has 0 amide bonds. The summed E-state index contributed by atoms with van der Waals surface area (Å²) >= 11 is 1.64. The first-order valence-electron chi connectivity index (χ1n) is 6.14. The van der Waals surface area contributed by atoms with Gasteiger partial charge in [0, 0.05) is 5.38 Å². The summed E-state index contributed by atoms with van der Waals surface area (Å²) in [4.78, 5) is 14.6. The fourth-order valence-electron chi connectivity index (χ4n) is 1.65. The van der Waals surface area contributed by atoms with E-state index in [9.17, 15) is 10.1 Å². The Morgan fingerprint density at radius 2 is 2.32 bits per heavy atom. The fraction of sp³-hybridized carbons (Fsp3) is 0.500. The number of thiazole rings is 1. The zero-order valence-electron chi connectivity index (χ0n) is 10.9. The lowest BCUT2D eigenvalue weighted by molar-refractivity contribution is -0.385. The van der Waals surface area contributed by atoms with Crippen LogP contribution in [0.15, 0.2) is 17.8 Å². The van der Waals surface area contributed by atoms with Crippen LogP contribution in [0, 0.1) is 16.0 Å². The molecule has 0 aliphatic rings. The van der Waals surface area contributed by atoms with E-state index in [0.717, 1.165) is 23.5 Å². The van der Waals surface area contributed by atoms with Gasteiger partial charge in [0.2, 0.25) is 0 Å². The van der Waals surface area contributed by atoms with Gasteiger partial charge in [-0.2, -0.15) is 5.10 Å². The maximum Gasteiger partial charge on any atom is 0.307 e. The summed E-state index contributed by atoms with van der Waals surface area (Å²) in [6.07, 6.45) is 4.79. The number of nitrogens with zero attached hydrogens (tertiary/aromatic N) is 4. The predicted octanol–water partition coefficient (Wildman–Crippen LogP) is 2.88. The van der Waals surface area contributed by atoms with Gasteiger partial charge in [-0.3, -0.25) is 14.8 Å². The fourth-order valence-corrected chi connectivity index (χ4v) is 2.45. The van der Waals surface area contributed by atoms with Gasteiger partial charge in [0.05, 0.1) is 22.2 Å². The number of rotatable bonds is 6. The molecule has 0 saturated carbocycles. The van der Waals surface area contributed by atoms with Gasteiger partial charge in [-0.05, 0) is 18.8 Å². The average molecular weight is 280 g/mol. The van der Waals surface area contributed by atoms with Gasteiger partial charge in [0.15, 0.2) is 0 Å². The molecule has 0 N–H and O–H groups in total. The molecule has 102 valence electrons. The van der Waals surface area contributed by atoms with Crippen molar-refractivity contribution in [2.75, 3.05) is 0 Å². The second kappa shape index (κ2) is 5.92. The third-order valence-corrected chi connectivity index (χ3v) is 3.65. The molecule has 7 heteroatoms. The first-order valence-corrected chi connectivity index (χ1v) is 7.02. The molecule has 6 nitrogen and oxygen atoms in total. The number of hydrogen-bond donors (Lipinski definition) is 0. The van der Waals surface area contributed by atoms with Crippen LogP contribution in [0.5, 0.6) is 0 Å². The Morgan fingerprint density at radius 3 is 2.95 bits per heavy atom. The van der Waals surface area contributed by atoms with Crippen LogP contribution in [0.25, 0.3) is 0 Å². The van der Waals surface area contributed by atoms with Gasteiger partial charge in [0.25, 0.3) is 0 Å². The second-order valence-electron chi connectivity index (χ2n) is 4.82. The van der Waals surface area contributed by atoms with Crippen LogP contribution < -0.4 is 0 Å². The normalized spacial score (nSPS) is 11.1. The smallest absolute Gasteiger partial charge is 0.260 e. The van der Waals surface area contributed by atoms with Crippen molar-refractivity contribution in [2.24, 2.45) is 5.92 Å². The van der Waals surface area contributed by atoms with Crippen molar-refractivity contribution in [1.82, 2.24) is 14.8 Å². The van der Waals surface area contributed by atoms with Gasteiger partial charge >= 0.3 is 5.69 Å². The van der Waals surface area contributed by atoms with Crippen LogP contribution in [0.4, 0.5) is 5.69 Å². The topological polar surface area (TPSA) is 73.8 Å². The third-order valence-electron chi connectivity index (χ3n) is 2.69. The molecule has 2 rings (SSSR count). The van der Waals surface area contributed by atoms with Gasteiger partial charge in [0.1, 0.15) is 12.4 Å². The molecule has 0 fully saturated rings. The lowest BCUT2D eigenvalue weighted by atomic mass is 10.1. The lowest BCUT2D eigenvalue weighted by Crippen LogP contribution is -2.00. The van der Waals surface area contributed by atoms with Crippen molar-refractivity contribution in [1.29, 1.82) is 0 Å². The van der Waals surface area contributed by atoms with Gasteiger partial charge < -0.3 is 0 Å². The molecule has 19 heavy (non-hydrogen) atoms. The van der Waals surface area contributed by atoms with Crippen molar-refractivity contribution < 1.29 is 4.92 Å². The summed E-state index contributed by atoms with van der Waals surface area (Å²) in [5, 5.41) is 17.6. The first kappa shape index (κ1) is 13.7. The van der Waals surface area contributed by atoms with E-state index in [-0.39, 0.29) is 5.69 Å². The van der Waals surface area contributed by atoms with Crippen LogP contribution in [-0.4, -0.2) is 19.7 Å². The molecule has 0 aliphatic heterocycles. The van der Waals surface area contributed by atoms with E-state index < -0.39 is 4.92 Å². The van der Waals surface area contributed by atoms with E-state index in [1.165, 1.54) is 12.4 Å². The van der Waals surface area contributed by atoms with Crippen LogP contribution in [0.3, 0.4) is 0 Å². The summed E-state index contributed by atoms with van der Waals surface area (Å²) in [7, 11) is 0. The highest BCUT2D eigenvalue weighted by Crippen LogP contribution is 2.16. The maximum atomic E-state index is 10.6. The molecular weight excluding hydrogens is 264 g/mol. The van der Waals surface area contributed by atoms with Crippen molar-refractivity contribution in [3.63, 3.8) is 0 Å². The molecule has 0 atom stereocenters. The summed E-state index contributed by atoms with van der Waals surface area (Å²) in [5.74, 6) is 0.668. The van der Waals surface area contributed by atoms with Crippen LogP contribution in [-0.2, 0) is 13.0 Å². The molecule has 0 saturated heterocycles. The summed E-state index contributed by atoms with van der Waals surface area (Å²) < 4.78 is 1.54. The molecule has 2 heterocycles. The number of nitro groups is 1. The number of hydrogen-bond acceptors (Lipinski definition) is 5. The Morgan fingerprint density at radius 1 is 1.53 bits per heavy atom. The molecular formula is C12H16N4O2S. The highest BCUT2D eigenvalue weighted by molar-refractivity contribution is 7.09. The zero-order chi connectivity index (χ0) is 13.8. The van der Waals surface area contributed by atoms with E-state index in [0.29, 0.717) is 12.5 Å². The average Bonchev–Trinajstić information content (AvgIpc) is 2.96. The molecule has 0 aliphatic carbocycles. The highest BCUT2D eigenvalue weighted by atomic mass is 32.1. The van der Waals surface area contributed by atoms with E-state index in [4.69, 9.17) is 0 Å². The molecule has 0 radical (unpaired) electrons. The standard InChI is InChI=1S/C12H16N4O2S/c1-9(2)3-4-12-14-10(8-19-12)6-15-7-11(5-13-15)16(17)18/h5,7-9H,3-4,6H2,1-2H3. The quantitative estimate of drug-likeness (QED) is 0.602. The van der Waals surface area contributed by atoms with Crippen LogP contribution in [0.2, 0.25) is 0 Å². The predicted molar refractivity (Wildman–Crippen MR) is 73.3 cm³/mol. The SMILES string of the molecule is CC(C)CCc1nc(Cn2cc([N+](=O)[O-])cn2)cs1. The summed E-state index contributed by atoms with van der Waals surface area (Å²) in [6, 6.07) is 0. The summed E-state index contributed by atoms with van der Waals surface area (Å²) in [6.45, 7) is 4.86. The maximum absolute atomic E-state index is 10.6. The molecule has 2 aromatic rings. The molecule has 0 aromatic carbocycles. The Hall–Kier alpha value is -1.76. The molecule has 0 bridgehead atoms. The Balaban J connectivity index is 1.97. The van der Waals surface area contributed by atoms with Crippen molar-refractivity contribution in [3.05, 3.63) is 38.6 Å². The van der Waals surface area contributed by atoms with Gasteiger partial charge in [-0.25, -0.2) is 4.98 Å². The minimum absolute atomic E-state index is 0.00950. The van der Waals surface area contributed by atoms with E-state index >= 15 is 0 Å². The minimum Gasteiger partial charge on any atom is -0.260 e. The summed E-state index contributed by atoms with van der Waals surface area (Å²) in [5.41, 5.74) is 0.914.